The Morgan fingerprint density at radius 3 is 2.35 bits per heavy atom. The molecule has 0 bridgehead atoms. The van der Waals surface area contributed by atoms with Gasteiger partial charge in [0.25, 0.3) is 11.3 Å². The number of carboxylic acid groups (broad SMARTS) is 1. The monoisotopic (exact) mass is 437 g/mol. The first-order valence-corrected chi connectivity index (χ1v) is 9.82. The van der Waals surface area contributed by atoms with Gasteiger partial charge in [-0.3, -0.25) is 9.59 Å². The fourth-order valence-electron chi connectivity index (χ4n) is 3.13. The van der Waals surface area contributed by atoms with Crippen LogP contribution in [0.2, 0.25) is 5.02 Å². The van der Waals surface area contributed by atoms with E-state index >= 15 is 0 Å². The summed E-state index contributed by atoms with van der Waals surface area (Å²) in [6, 6.07) is 16.3. The molecular weight excluding hydrogens is 418 g/mol. The second-order valence-electron chi connectivity index (χ2n) is 7.19. The van der Waals surface area contributed by atoms with Gasteiger partial charge >= 0.3 is 5.97 Å². The van der Waals surface area contributed by atoms with Crippen LogP contribution in [0.1, 0.15) is 27.8 Å². The number of hydrogen-bond donors (Lipinski definition) is 2. The van der Waals surface area contributed by atoms with Gasteiger partial charge in [-0.2, -0.15) is 0 Å². The molecule has 3 rings (SSSR count). The van der Waals surface area contributed by atoms with Gasteiger partial charge in [0.2, 0.25) is 0 Å². The minimum Gasteiger partial charge on any atom is -0.507 e. The molecule has 158 valence electrons. The second kappa shape index (κ2) is 9.45. The largest absolute Gasteiger partial charge is 0.507 e. The van der Waals surface area contributed by atoms with E-state index < -0.39 is 23.1 Å². The van der Waals surface area contributed by atoms with Crippen molar-refractivity contribution < 1.29 is 19.8 Å². The van der Waals surface area contributed by atoms with Gasteiger partial charge in [-0.1, -0.05) is 53.6 Å². The summed E-state index contributed by atoms with van der Waals surface area (Å²) in [6.07, 6.45) is 2.64. The highest BCUT2D eigenvalue weighted by atomic mass is 35.5. The standard InChI is InChI=1S/C24H20ClNO5/c1-15-5-7-16(8-6-15)13-26-14-18(9-17-3-2-4-19(25)10-17)11-20(23(26)29)21(27)12-22(28)24(30)31/h2-8,10-12,14,27H,9,13H2,1H3,(H,30,31). The highest BCUT2D eigenvalue weighted by Crippen LogP contribution is 2.17. The number of aliphatic carboxylic acids is 1. The van der Waals surface area contributed by atoms with Crippen molar-refractivity contribution in [1.29, 1.82) is 0 Å². The first-order valence-electron chi connectivity index (χ1n) is 9.44. The Bertz CT molecular complexity index is 1230. The Labute approximate surface area is 183 Å². The number of ketones is 1. The van der Waals surface area contributed by atoms with Gasteiger partial charge in [0.15, 0.2) is 0 Å². The lowest BCUT2D eigenvalue weighted by Gasteiger charge is -2.12. The maximum atomic E-state index is 13.0. The van der Waals surface area contributed by atoms with E-state index in [0.29, 0.717) is 23.1 Å². The van der Waals surface area contributed by atoms with Crippen LogP contribution < -0.4 is 5.56 Å². The summed E-state index contributed by atoms with van der Waals surface area (Å²) >= 11 is 6.06. The van der Waals surface area contributed by atoms with Crippen molar-refractivity contribution in [1.82, 2.24) is 4.57 Å². The summed E-state index contributed by atoms with van der Waals surface area (Å²) in [4.78, 5) is 35.3. The number of carboxylic acids is 1. The number of aromatic nitrogens is 1. The number of aliphatic hydroxyl groups excluding tert-OH is 1. The van der Waals surface area contributed by atoms with Crippen LogP contribution in [0.4, 0.5) is 0 Å². The summed E-state index contributed by atoms with van der Waals surface area (Å²) in [6.45, 7) is 2.21. The van der Waals surface area contributed by atoms with Gasteiger partial charge in [0.1, 0.15) is 5.76 Å². The molecule has 0 radical (unpaired) electrons. The number of nitrogens with zero attached hydrogens (tertiary/aromatic N) is 1. The molecule has 1 heterocycles. The lowest BCUT2D eigenvalue weighted by Crippen LogP contribution is -2.25. The zero-order valence-corrected chi connectivity index (χ0v) is 17.5. The number of rotatable bonds is 7. The number of aryl methyl sites for hydroxylation is 1. The highest BCUT2D eigenvalue weighted by Gasteiger charge is 2.16. The first kappa shape index (κ1) is 22.1. The molecule has 0 aliphatic rings. The molecule has 0 atom stereocenters. The molecule has 0 saturated heterocycles. The van der Waals surface area contributed by atoms with Gasteiger partial charge in [0.05, 0.1) is 12.1 Å². The Balaban J connectivity index is 2.07. The Kier molecular flexibility index (Phi) is 6.72. The molecule has 0 spiro atoms. The van der Waals surface area contributed by atoms with Gasteiger partial charge in [0, 0.05) is 17.3 Å². The SMILES string of the molecule is Cc1ccc(Cn2cc(Cc3cccc(Cl)c3)cc(C(O)=CC(=O)C(=O)O)c2=O)cc1. The van der Waals surface area contributed by atoms with E-state index in [1.807, 2.05) is 43.3 Å². The molecule has 2 N–H and O–H groups in total. The summed E-state index contributed by atoms with van der Waals surface area (Å²) in [5.41, 5.74) is 2.85. The zero-order chi connectivity index (χ0) is 22.5. The Hall–Kier alpha value is -3.64. The van der Waals surface area contributed by atoms with Crippen LogP contribution in [0.5, 0.6) is 0 Å². The molecule has 0 saturated carbocycles. The fraction of sp³-hybridized carbons (Fsp3) is 0.125. The van der Waals surface area contributed by atoms with E-state index in [1.165, 1.54) is 10.6 Å². The van der Waals surface area contributed by atoms with Crippen LogP contribution >= 0.6 is 11.6 Å². The average molecular weight is 438 g/mol. The topological polar surface area (TPSA) is 96.6 Å². The molecule has 0 fully saturated rings. The third-order valence-corrected chi connectivity index (χ3v) is 4.90. The van der Waals surface area contributed by atoms with Crippen molar-refractivity contribution in [2.45, 2.75) is 19.9 Å². The molecule has 3 aromatic rings. The second-order valence-corrected chi connectivity index (χ2v) is 7.62. The fourth-order valence-corrected chi connectivity index (χ4v) is 3.34. The van der Waals surface area contributed by atoms with E-state index in [0.717, 1.165) is 16.7 Å². The number of aliphatic hydroxyl groups is 1. The normalized spacial score (nSPS) is 11.4. The van der Waals surface area contributed by atoms with E-state index in [2.05, 4.69) is 0 Å². The quantitative estimate of drug-likeness (QED) is 0.331. The summed E-state index contributed by atoms with van der Waals surface area (Å²) in [5.74, 6) is -3.73. The van der Waals surface area contributed by atoms with Crippen molar-refractivity contribution in [2.75, 3.05) is 0 Å². The number of carbonyl (C=O) groups is 2. The smallest absolute Gasteiger partial charge is 0.376 e. The average Bonchev–Trinajstić information content (AvgIpc) is 2.71. The van der Waals surface area contributed by atoms with Crippen LogP contribution in [-0.2, 0) is 22.6 Å². The van der Waals surface area contributed by atoms with Crippen LogP contribution in [-0.4, -0.2) is 26.5 Å². The number of carbonyl (C=O) groups excluding carboxylic acids is 1. The summed E-state index contributed by atoms with van der Waals surface area (Å²) < 4.78 is 1.43. The van der Waals surface area contributed by atoms with Gasteiger partial charge < -0.3 is 14.8 Å². The summed E-state index contributed by atoms with van der Waals surface area (Å²) in [5, 5.41) is 19.7. The molecule has 0 aliphatic carbocycles. The predicted molar refractivity (Wildman–Crippen MR) is 118 cm³/mol. The van der Waals surface area contributed by atoms with Crippen molar-refractivity contribution in [3.05, 3.63) is 110 Å². The number of benzene rings is 2. The zero-order valence-electron chi connectivity index (χ0n) is 16.7. The molecule has 0 aliphatic heterocycles. The van der Waals surface area contributed by atoms with Gasteiger partial charge in [-0.25, -0.2) is 4.79 Å². The van der Waals surface area contributed by atoms with Gasteiger partial charge in [-0.05, 0) is 48.2 Å². The maximum absolute atomic E-state index is 13.0. The molecule has 7 heteroatoms. The first-order chi connectivity index (χ1) is 14.7. The minimum absolute atomic E-state index is 0.152. The number of hydrogen-bond acceptors (Lipinski definition) is 4. The van der Waals surface area contributed by atoms with E-state index in [-0.39, 0.29) is 12.1 Å². The summed E-state index contributed by atoms with van der Waals surface area (Å²) in [7, 11) is 0. The third kappa shape index (κ3) is 5.71. The van der Waals surface area contributed by atoms with E-state index in [1.54, 1.807) is 18.3 Å². The van der Waals surface area contributed by atoms with Crippen molar-refractivity contribution in [2.24, 2.45) is 0 Å². The van der Waals surface area contributed by atoms with E-state index in [4.69, 9.17) is 16.7 Å². The van der Waals surface area contributed by atoms with Crippen LogP contribution in [0, 0.1) is 6.92 Å². The van der Waals surface area contributed by atoms with Crippen molar-refractivity contribution in [3.8, 4) is 0 Å². The third-order valence-electron chi connectivity index (χ3n) is 4.67. The molecule has 2 aromatic carbocycles. The highest BCUT2D eigenvalue weighted by molar-refractivity contribution is 6.38. The predicted octanol–water partition coefficient (Wildman–Crippen LogP) is 4.00. The number of halogens is 1. The molecule has 0 amide bonds. The molecule has 0 unspecified atom stereocenters. The van der Waals surface area contributed by atoms with Crippen molar-refractivity contribution in [3.63, 3.8) is 0 Å². The minimum atomic E-state index is -1.72. The lowest BCUT2D eigenvalue weighted by atomic mass is 10.0. The van der Waals surface area contributed by atoms with Crippen LogP contribution in [0.25, 0.3) is 5.76 Å². The van der Waals surface area contributed by atoms with Gasteiger partial charge in [-0.15, -0.1) is 0 Å². The molecule has 6 nitrogen and oxygen atoms in total. The van der Waals surface area contributed by atoms with E-state index in [9.17, 15) is 19.5 Å². The molecule has 1 aromatic heterocycles. The Morgan fingerprint density at radius 1 is 1.00 bits per heavy atom. The van der Waals surface area contributed by atoms with Crippen LogP contribution in [0.15, 0.2) is 71.7 Å². The number of pyridine rings is 1. The molecular formula is C24H20ClNO5. The maximum Gasteiger partial charge on any atom is 0.376 e. The lowest BCUT2D eigenvalue weighted by molar-refractivity contribution is -0.146. The van der Waals surface area contributed by atoms with Crippen LogP contribution in [0.3, 0.4) is 0 Å². The molecule has 31 heavy (non-hydrogen) atoms. The van der Waals surface area contributed by atoms with Crippen molar-refractivity contribution >= 4 is 29.1 Å². The Morgan fingerprint density at radius 2 is 1.71 bits per heavy atom.